The van der Waals surface area contributed by atoms with E-state index in [1.54, 1.807) is 18.3 Å². The van der Waals surface area contributed by atoms with Gasteiger partial charge in [0, 0.05) is 11.8 Å². The van der Waals surface area contributed by atoms with Crippen LogP contribution < -0.4 is 11.3 Å². The summed E-state index contributed by atoms with van der Waals surface area (Å²) in [6.45, 7) is 5.85. The molecule has 0 amide bonds. The zero-order valence-electron chi connectivity index (χ0n) is 11.4. The molecule has 1 aromatic carbocycles. The largest absolute Gasteiger partial charge is 0.271 e. The molecule has 19 heavy (non-hydrogen) atoms. The first-order chi connectivity index (χ1) is 9.02. The Morgan fingerprint density at radius 1 is 1.16 bits per heavy atom. The third-order valence-electron chi connectivity index (χ3n) is 3.16. The van der Waals surface area contributed by atoms with Gasteiger partial charge in [0.25, 0.3) is 0 Å². The Kier molecular flexibility index (Phi) is 3.93. The Morgan fingerprint density at radius 2 is 1.89 bits per heavy atom. The van der Waals surface area contributed by atoms with Crippen molar-refractivity contribution in [2.75, 3.05) is 0 Å². The van der Waals surface area contributed by atoms with Gasteiger partial charge >= 0.3 is 0 Å². The Hall–Kier alpha value is -1.78. The lowest BCUT2D eigenvalue weighted by Gasteiger charge is -2.19. The van der Waals surface area contributed by atoms with Gasteiger partial charge in [0.2, 0.25) is 0 Å². The SMILES string of the molecule is Cc1cnc(C(NN)c2cc(C)ccc2F)c(C)c1. The molecule has 4 heteroatoms. The maximum absolute atomic E-state index is 14.0. The smallest absolute Gasteiger partial charge is 0.128 e. The minimum Gasteiger partial charge on any atom is -0.271 e. The van der Waals surface area contributed by atoms with Crippen LogP contribution >= 0.6 is 0 Å². The fraction of sp³-hybridized carbons (Fsp3) is 0.267. The summed E-state index contributed by atoms with van der Waals surface area (Å²) in [5, 5.41) is 0. The second kappa shape index (κ2) is 5.47. The molecule has 0 aliphatic heterocycles. The Balaban J connectivity index is 2.52. The zero-order chi connectivity index (χ0) is 14.0. The van der Waals surface area contributed by atoms with Crippen LogP contribution in [-0.4, -0.2) is 4.98 Å². The quantitative estimate of drug-likeness (QED) is 0.658. The molecule has 0 spiro atoms. The number of pyridine rings is 1. The predicted octanol–water partition coefficient (Wildman–Crippen LogP) is 2.70. The Morgan fingerprint density at radius 3 is 2.53 bits per heavy atom. The van der Waals surface area contributed by atoms with Gasteiger partial charge in [0.05, 0.1) is 11.7 Å². The van der Waals surface area contributed by atoms with Gasteiger partial charge in [-0.3, -0.25) is 10.8 Å². The van der Waals surface area contributed by atoms with Crippen LogP contribution in [0.3, 0.4) is 0 Å². The molecule has 1 unspecified atom stereocenters. The van der Waals surface area contributed by atoms with Crippen LogP contribution in [0.5, 0.6) is 0 Å². The first-order valence-corrected chi connectivity index (χ1v) is 6.18. The summed E-state index contributed by atoms with van der Waals surface area (Å²) >= 11 is 0. The lowest BCUT2D eigenvalue weighted by atomic mass is 9.98. The van der Waals surface area contributed by atoms with E-state index < -0.39 is 6.04 Å². The topological polar surface area (TPSA) is 50.9 Å². The molecule has 0 aliphatic carbocycles. The number of rotatable bonds is 3. The molecular weight excluding hydrogens is 241 g/mol. The Labute approximate surface area is 112 Å². The van der Waals surface area contributed by atoms with Gasteiger partial charge in [-0.15, -0.1) is 0 Å². The zero-order valence-corrected chi connectivity index (χ0v) is 11.4. The molecule has 0 saturated heterocycles. The first-order valence-electron chi connectivity index (χ1n) is 6.18. The number of aryl methyl sites for hydroxylation is 3. The van der Waals surface area contributed by atoms with Crippen molar-refractivity contribution < 1.29 is 4.39 Å². The molecular formula is C15H18FN3. The molecule has 3 nitrogen and oxygen atoms in total. The van der Waals surface area contributed by atoms with Crippen LogP contribution in [-0.2, 0) is 0 Å². The van der Waals surface area contributed by atoms with Crippen molar-refractivity contribution in [3.05, 3.63) is 64.2 Å². The normalized spacial score (nSPS) is 12.5. The molecule has 1 atom stereocenters. The second-order valence-corrected chi connectivity index (χ2v) is 4.84. The molecule has 1 aromatic heterocycles. The van der Waals surface area contributed by atoms with E-state index in [9.17, 15) is 4.39 Å². The maximum atomic E-state index is 14.0. The molecule has 2 rings (SSSR count). The summed E-state index contributed by atoms with van der Waals surface area (Å²) in [6.07, 6.45) is 1.76. The van der Waals surface area contributed by atoms with Crippen molar-refractivity contribution in [3.63, 3.8) is 0 Å². The Bertz CT molecular complexity index is 596. The van der Waals surface area contributed by atoms with Gasteiger partial charge < -0.3 is 0 Å². The molecule has 0 radical (unpaired) electrons. The molecule has 0 aliphatic rings. The maximum Gasteiger partial charge on any atom is 0.128 e. The number of aromatic nitrogens is 1. The van der Waals surface area contributed by atoms with E-state index in [1.165, 1.54) is 6.07 Å². The summed E-state index contributed by atoms with van der Waals surface area (Å²) < 4.78 is 14.0. The highest BCUT2D eigenvalue weighted by atomic mass is 19.1. The number of hydrogen-bond acceptors (Lipinski definition) is 3. The second-order valence-electron chi connectivity index (χ2n) is 4.84. The number of hydrogen-bond donors (Lipinski definition) is 2. The lowest BCUT2D eigenvalue weighted by Crippen LogP contribution is -2.31. The van der Waals surface area contributed by atoms with Crippen molar-refractivity contribution in [1.29, 1.82) is 0 Å². The van der Waals surface area contributed by atoms with Gasteiger partial charge in [-0.2, -0.15) is 0 Å². The summed E-state index contributed by atoms with van der Waals surface area (Å²) in [5.41, 5.74) is 6.97. The van der Waals surface area contributed by atoms with Crippen LogP contribution in [0.1, 0.15) is 34.0 Å². The fourth-order valence-corrected chi connectivity index (χ4v) is 2.23. The van der Waals surface area contributed by atoms with E-state index >= 15 is 0 Å². The molecule has 100 valence electrons. The van der Waals surface area contributed by atoms with E-state index in [4.69, 9.17) is 5.84 Å². The van der Waals surface area contributed by atoms with E-state index in [-0.39, 0.29) is 5.82 Å². The van der Waals surface area contributed by atoms with Crippen LogP contribution in [0.15, 0.2) is 30.5 Å². The minimum atomic E-state index is -0.444. The summed E-state index contributed by atoms with van der Waals surface area (Å²) in [4.78, 5) is 4.39. The molecule has 0 bridgehead atoms. The number of hydrazine groups is 1. The molecule has 2 aromatic rings. The van der Waals surface area contributed by atoms with Gasteiger partial charge in [-0.1, -0.05) is 23.8 Å². The highest BCUT2D eigenvalue weighted by molar-refractivity contribution is 5.36. The number of benzene rings is 1. The number of nitrogens with two attached hydrogens (primary N) is 1. The summed E-state index contributed by atoms with van der Waals surface area (Å²) in [7, 11) is 0. The van der Waals surface area contributed by atoms with Crippen molar-refractivity contribution in [2.24, 2.45) is 5.84 Å². The van der Waals surface area contributed by atoms with Crippen LogP contribution in [0.25, 0.3) is 0 Å². The van der Waals surface area contributed by atoms with E-state index in [1.807, 2.05) is 26.8 Å². The number of nitrogens with zero attached hydrogens (tertiary/aromatic N) is 1. The standard InChI is InChI=1S/C15H18FN3/c1-9-4-5-13(16)12(7-9)15(19-17)14-11(3)6-10(2)8-18-14/h4-8,15,19H,17H2,1-3H3. The van der Waals surface area contributed by atoms with Gasteiger partial charge in [0.15, 0.2) is 0 Å². The minimum absolute atomic E-state index is 0.282. The summed E-state index contributed by atoms with van der Waals surface area (Å²) in [6, 6.07) is 6.56. The van der Waals surface area contributed by atoms with E-state index in [2.05, 4.69) is 10.4 Å². The fourth-order valence-electron chi connectivity index (χ4n) is 2.23. The number of nitrogens with one attached hydrogen (secondary N) is 1. The van der Waals surface area contributed by atoms with Gasteiger partial charge in [0.1, 0.15) is 5.82 Å². The first kappa shape index (κ1) is 13.6. The average molecular weight is 259 g/mol. The van der Waals surface area contributed by atoms with Crippen LogP contribution in [0.4, 0.5) is 4.39 Å². The van der Waals surface area contributed by atoms with Crippen molar-refractivity contribution in [1.82, 2.24) is 10.4 Å². The monoisotopic (exact) mass is 259 g/mol. The molecule has 1 heterocycles. The van der Waals surface area contributed by atoms with E-state index in [0.717, 1.165) is 22.4 Å². The molecule has 0 saturated carbocycles. The highest BCUT2D eigenvalue weighted by Gasteiger charge is 2.19. The number of halogens is 1. The van der Waals surface area contributed by atoms with Crippen molar-refractivity contribution in [2.45, 2.75) is 26.8 Å². The van der Waals surface area contributed by atoms with Crippen LogP contribution in [0, 0.1) is 26.6 Å². The summed E-state index contributed by atoms with van der Waals surface area (Å²) in [5.74, 6) is 5.32. The van der Waals surface area contributed by atoms with Gasteiger partial charge in [-0.05, 0) is 38.0 Å². The third-order valence-corrected chi connectivity index (χ3v) is 3.16. The van der Waals surface area contributed by atoms with Gasteiger partial charge in [-0.25, -0.2) is 9.82 Å². The van der Waals surface area contributed by atoms with Crippen LogP contribution in [0.2, 0.25) is 0 Å². The van der Waals surface area contributed by atoms with Crippen molar-refractivity contribution in [3.8, 4) is 0 Å². The predicted molar refractivity (Wildman–Crippen MR) is 74.0 cm³/mol. The van der Waals surface area contributed by atoms with Crippen molar-refractivity contribution >= 4 is 0 Å². The average Bonchev–Trinajstić information content (AvgIpc) is 2.36. The third kappa shape index (κ3) is 2.80. The highest BCUT2D eigenvalue weighted by Crippen LogP contribution is 2.25. The van der Waals surface area contributed by atoms with E-state index in [0.29, 0.717) is 5.56 Å². The lowest BCUT2D eigenvalue weighted by molar-refractivity contribution is 0.550. The molecule has 3 N–H and O–H groups in total. The molecule has 0 fully saturated rings.